The third kappa shape index (κ3) is 4.28. The molecule has 8 heteroatoms. The second-order valence-corrected chi connectivity index (χ2v) is 9.79. The van der Waals surface area contributed by atoms with Crippen molar-refractivity contribution in [1.82, 2.24) is 10.2 Å². The van der Waals surface area contributed by atoms with Crippen molar-refractivity contribution in [3.05, 3.63) is 77.4 Å². The van der Waals surface area contributed by atoms with Gasteiger partial charge in [-0.2, -0.15) is 0 Å². The summed E-state index contributed by atoms with van der Waals surface area (Å²) in [5.74, 6) is 1.05. The molecular weight excluding hydrogens is 470 g/mol. The molecule has 0 spiro atoms. The Morgan fingerprint density at radius 1 is 1.00 bits per heavy atom. The van der Waals surface area contributed by atoms with E-state index in [0.717, 1.165) is 40.8 Å². The number of nitrogens with one attached hydrogen (secondary N) is 2. The normalized spacial score (nSPS) is 17.2. The molecule has 3 aromatic carbocycles. The predicted octanol–water partition coefficient (Wildman–Crippen LogP) is 3.88. The molecule has 1 aliphatic carbocycles. The van der Waals surface area contributed by atoms with Crippen molar-refractivity contribution in [3.63, 3.8) is 0 Å². The summed E-state index contributed by atoms with van der Waals surface area (Å²) >= 11 is 0. The van der Waals surface area contributed by atoms with E-state index >= 15 is 0 Å². The Morgan fingerprint density at radius 2 is 1.78 bits per heavy atom. The van der Waals surface area contributed by atoms with Crippen LogP contribution in [0.4, 0.5) is 5.69 Å². The number of aryl methyl sites for hydroxylation is 1. The fourth-order valence-electron chi connectivity index (χ4n) is 5.01. The average molecular weight is 500 g/mol. The summed E-state index contributed by atoms with van der Waals surface area (Å²) in [5, 5.41) is 5.85. The lowest BCUT2D eigenvalue weighted by Crippen LogP contribution is -2.49. The molecule has 0 unspecified atom stereocenters. The van der Waals surface area contributed by atoms with Crippen LogP contribution in [-0.2, 0) is 15.0 Å². The number of fused-ring (bicyclic) bond motifs is 1. The van der Waals surface area contributed by atoms with Gasteiger partial charge >= 0.3 is 0 Å². The molecule has 2 heterocycles. The van der Waals surface area contributed by atoms with Gasteiger partial charge in [0.25, 0.3) is 5.91 Å². The molecule has 8 nitrogen and oxygen atoms in total. The van der Waals surface area contributed by atoms with Crippen LogP contribution in [0.15, 0.2) is 60.7 Å². The highest BCUT2D eigenvalue weighted by molar-refractivity contribution is 6.02. The Balaban J connectivity index is 0.00000294. The van der Waals surface area contributed by atoms with Crippen LogP contribution in [0.5, 0.6) is 11.5 Å². The molecule has 0 bridgehead atoms. The van der Waals surface area contributed by atoms with E-state index < -0.39 is 5.41 Å². The van der Waals surface area contributed by atoms with Crippen molar-refractivity contribution in [2.45, 2.75) is 25.2 Å². The van der Waals surface area contributed by atoms with E-state index in [4.69, 9.17) is 9.47 Å². The number of rotatable bonds is 5. The van der Waals surface area contributed by atoms with Crippen LogP contribution >= 0.6 is 0 Å². The van der Waals surface area contributed by atoms with Crippen molar-refractivity contribution < 1.29 is 25.3 Å². The summed E-state index contributed by atoms with van der Waals surface area (Å²) < 4.78 is 10.9. The van der Waals surface area contributed by atoms with E-state index in [-0.39, 0.29) is 32.5 Å². The molecule has 0 radical (unpaired) electrons. The first-order valence-electron chi connectivity index (χ1n) is 12.4. The molecule has 3 aromatic rings. The number of nitrogens with zero attached hydrogens (tertiary/aromatic N) is 1. The van der Waals surface area contributed by atoms with Gasteiger partial charge in [-0.05, 0) is 78.4 Å². The number of ether oxygens (including phenoxy) is 2. The molecule has 2 N–H and O–H groups in total. The highest BCUT2D eigenvalue weighted by Gasteiger charge is 2.51. The maximum Gasteiger partial charge on any atom is 0.254 e. The van der Waals surface area contributed by atoms with Crippen LogP contribution in [0.1, 0.15) is 35.8 Å². The first-order valence-corrected chi connectivity index (χ1v) is 12.4. The second kappa shape index (κ2) is 8.96. The molecule has 0 aromatic heterocycles. The van der Waals surface area contributed by atoms with Gasteiger partial charge in [0.15, 0.2) is 11.5 Å². The minimum atomic E-state index is -0.556. The summed E-state index contributed by atoms with van der Waals surface area (Å²) in [6.07, 6.45) is 1.57. The molecule has 37 heavy (non-hydrogen) atoms. The molecule has 3 amide bonds. The second-order valence-electron chi connectivity index (χ2n) is 9.79. The number of benzene rings is 3. The SMILES string of the molecule is Cc1ccc(NC(=O)C2(c3ccc4c(c3)OCO4)CC2)cc1-c1ccc(C(=O)N2CCNC(=O)C2)cc1.[HH]. The molecule has 3 aliphatic rings. The molecule has 2 fully saturated rings. The lowest BCUT2D eigenvalue weighted by molar-refractivity contribution is -0.123. The maximum absolute atomic E-state index is 13.4. The van der Waals surface area contributed by atoms with Crippen LogP contribution in [-0.4, -0.2) is 49.0 Å². The summed E-state index contributed by atoms with van der Waals surface area (Å²) in [6.45, 7) is 3.27. The van der Waals surface area contributed by atoms with Crippen molar-refractivity contribution in [3.8, 4) is 22.6 Å². The molecule has 1 saturated heterocycles. The van der Waals surface area contributed by atoms with Gasteiger partial charge in [-0.1, -0.05) is 24.3 Å². The standard InChI is InChI=1S/C29H27N3O5.H2/c1-18-2-8-22(31-28(35)29(10-11-29)21-7-9-24-25(14-21)37-17-36-24)15-23(18)19-3-5-20(6-4-19)27(34)32-13-12-30-26(33)16-32;/h2-9,14-15H,10-13,16-17H2,1H3,(H,30,33)(H,31,35);1H. The Labute approximate surface area is 216 Å². The predicted molar refractivity (Wildman–Crippen MR) is 140 cm³/mol. The number of piperazine rings is 1. The van der Waals surface area contributed by atoms with E-state index in [9.17, 15) is 14.4 Å². The number of hydrogen-bond donors (Lipinski definition) is 2. The number of anilines is 1. The molecular formula is C29H29N3O5. The Morgan fingerprint density at radius 3 is 2.54 bits per heavy atom. The minimum absolute atomic E-state index is 0. The zero-order chi connectivity index (χ0) is 25.6. The summed E-state index contributed by atoms with van der Waals surface area (Å²) in [5.41, 5.74) is 4.62. The molecule has 2 aliphatic heterocycles. The lowest BCUT2D eigenvalue weighted by atomic mass is 9.94. The van der Waals surface area contributed by atoms with E-state index in [2.05, 4.69) is 10.6 Å². The zero-order valence-electron chi connectivity index (χ0n) is 20.5. The number of hydrogen-bond acceptors (Lipinski definition) is 5. The van der Waals surface area contributed by atoms with Crippen LogP contribution in [0.3, 0.4) is 0 Å². The monoisotopic (exact) mass is 499 g/mol. The van der Waals surface area contributed by atoms with Crippen LogP contribution in [0.2, 0.25) is 0 Å². The smallest absolute Gasteiger partial charge is 0.254 e. The first kappa shape index (κ1) is 23.1. The fourth-order valence-corrected chi connectivity index (χ4v) is 5.01. The third-order valence-corrected chi connectivity index (χ3v) is 7.37. The Bertz CT molecular complexity index is 1420. The molecule has 190 valence electrons. The highest BCUT2D eigenvalue weighted by Crippen LogP contribution is 2.51. The van der Waals surface area contributed by atoms with Gasteiger partial charge in [-0.25, -0.2) is 0 Å². The molecule has 1 saturated carbocycles. The van der Waals surface area contributed by atoms with Gasteiger partial charge in [0.05, 0.1) is 12.0 Å². The van der Waals surface area contributed by atoms with E-state index in [1.165, 1.54) is 0 Å². The fraction of sp³-hybridized carbons (Fsp3) is 0.276. The topological polar surface area (TPSA) is 97.0 Å². The zero-order valence-corrected chi connectivity index (χ0v) is 20.5. The number of carbonyl (C=O) groups excluding carboxylic acids is 3. The van der Waals surface area contributed by atoms with Crippen LogP contribution < -0.4 is 20.1 Å². The van der Waals surface area contributed by atoms with Gasteiger partial charge in [-0.3, -0.25) is 14.4 Å². The van der Waals surface area contributed by atoms with Crippen molar-refractivity contribution in [2.24, 2.45) is 0 Å². The summed E-state index contributed by atoms with van der Waals surface area (Å²) in [6, 6.07) is 19.0. The Hall–Kier alpha value is -4.33. The van der Waals surface area contributed by atoms with Crippen molar-refractivity contribution in [2.75, 3.05) is 31.7 Å². The van der Waals surface area contributed by atoms with Crippen LogP contribution in [0.25, 0.3) is 11.1 Å². The van der Waals surface area contributed by atoms with Gasteiger partial charge in [0, 0.05) is 25.8 Å². The van der Waals surface area contributed by atoms with Crippen LogP contribution in [0, 0.1) is 6.92 Å². The lowest BCUT2D eigenvalue weighted by Gasteiger charge is -2.26. The van der Waals surface area contributed by atoms with Gasteiger partial charge < -0.3 is 25.0 Å². The van der Waals surface area contributed by atoms with Gasteiger partial charge in [-0.15, -0.1) is 0 Å². The minimum Gasteiger partial charge on any atom is -0.454 e. The third-order valence-electron chi connectivity index (χ3n) is 7.37. The van der Waals surface area contributed by atoms with E-state index in [1.54, 1.807) is 17.0 Å². The first-order chi connectivity index (χ1) is 17.9. The summed E-state index contributed by atoms with van der Waals surface area (Å²) in [4.78, 5) is 39.4. The average Bonchev–Trinajstić information content (AvgIpc) is 3.60. The maximum atomic E-state index is 13.4. The quantitative estimate of drug-likeness (QED) is 0.555. The largest absolute Gasteiger partial charge is 0.454 e. The van der Waals surface area contributed by atoms with Crippen molar-refractivity contribution >= 4 is 23.4 Å². The number of carbonyl (C=O) groups is 3. The van der Waals surface area contributed by atoms with E-state index in [1.807, 2.05) is 55.5 Å². The number of amides is 3. The summed E-state index contributed by atoms with van der Waals surface area (Å²) in [7, 11) is 0. The van der Waals surface area contributed by atoms with Gasteiger partial charge in [0.1, 0.15) is 0 Å². The Kier molecular flexibility index (Phi) is 5.59. The highest BCUT2D eigenvalue weighted by atomic mass is 16.7. The van der Waals surface area contributed by atoms with E-state index in [0.29, 0.717) is 30.2 Å². The molecule has 6 rings (SSSR count). The van der Waals surface area contributed by atoms with Crippen molar-refractivity contribution in [1.29, 1.82) is 0 Å². The van der Waals surface area contributed by atoms with Gasteiger partial charge in [0.2, 0.25) is 18.6 Å². The molecule has 0 atom stereocenters.